The molecule has 1 saturated heterocycles. The van der Waals surface area contributed by atoms with Crippen molar-refractivity contribution < 1.29 is 14.6 Å². The maximum atomic E-state index is 11.4. The molecule has 3 aliphatic carbocycles. The molecule has 4 atom stereocenters. The van der Waals surface area contributed by atoms with Crippen molar-refractivity contribution in [3.63, 3.8) is 0 Å². The van der Waals surface area contributed by atoms with Crippen molar-refractivity contribution >= 4 is 5.97 Å². The van der Waals surface area contributed by atoms with Crippen LogP contribution in [0.4, 0.5) is 0 Å². The van der Waals surface area contributed by atoms with Gasteiger partial charge in [-0.15, -0.1) is 0 Å². The number of hydrogen-bond acceptors (Lipinski definition) is 2. The Kier molecular flexibility index (Phi) is 2.14. The molecule has 0 radical (unpaired) electrons. The molecular weight excluding hydrogens is 252 g/mol. The minimum Gasteiger partial charge on any atom is -0.481 e. The summed E-state index contributed by atoms with van der Waals surface area (Å²) in [6.45, 7) is 4.66. The number of allylic oxidation sites excluding steroid dienone is 6. The predicted octanol–water partition coefficient (Wildman–Crippen LogP) is 2.86. The normalized spacial score (nSPS) is 44.4. The van der Waals surface area contributed by atoms with Gasteiger partial charge in [-0.05, 0) is 29.1 Å². The number of carboxylic acids is 1. The Morgan fingerprint density at radius 3 is 2.95 bits per heavy atom. The molecule has 3 nitrogen and oxygen atoms in total. The summed E-state index contributed by atoms with van der Waals surface area (Å²) in [5.74, 6) is -0.848. The molecular formula is C17H18O3. The van der Waals surface area contributed by atoms with Crippen LogP contribution >= 0.6 is 0 Å². The van der Waals surface area contributed by atoms with Crippen LogP contribution in [0.25, 0.3) is 0 Å². The lowest BCUT2D eigenvalue weighted by molar-refractivity contribution is -0.140. The zero-order chi connectivity index (χ0) is 14.1. The number of aliphatic carboxylic acids is 1. The molecule has 1 saturated carbocycles. The minimum absolute atomic E-state index is 0.0280. The van der Waals surface area contributed by atoms with Crippen LogP contribution in [0.3, 0.4) is 0 Å². The molecule has 104 valence electrons. The Labute approximate surface area is 118 Å². The van der Waals surface area contributed by atoms with Gasteiger partial charge in [-0.3, -0.25) is 4.79 Å². The quantitative estimate of drug-likeness (QED) is 0.839. The lowest BCUT2D eigenvalue weighted by Crippen LogP contribution is -2.24. The first kappa shape index (κ1) is 12.2. The van der Waals surface area contributed by atoms with Gasteiger partial charge in [0.1, 0.15) is 11.5 Å². The molecule has 1 aliphatic heterocycles. The summed E-state index contributed by atoms with van der Waals surface area (Å²) in [5, 5.41) is 9.41. The first-order chi connectivity index (χ1) is 9.47. The van der Waals surface area contributed by atoms with E-state index in [9.17, 15) is 9.90 Å². The van der Waals surface area contributed by atoms with Gasteiger partial charge in [0.05, 0.1) is 6.61 Å². The number of ether oxygens (including phenoxy) is 1. The Bertz CT molecular complexity index is 637. The van der Waals surface area contributed by atoms with Crippen LogP contribution in [-0.2, 0) is 9.53 Å². The third-order valence-corrected chi connectivity index (χ3v) is 5.33. The van der Waals surface area contributed by atoms with Crippen LogP contribution < -0.4 is 0 Å². The van der Waals surface area contributed by atoms with Crippen LogP contribution in [0, 0.1) is 17.3 Å². The van der Waals surface area contributed by atoms with E-state index in [0.717, 1.165) is 12.0 Å². The second-order valence-corrected chi connectivity index (χ2v) is 6.62. The molecule has 0 bridgehead atoms. The monoisotopic (exact) mass is 270 g/mol. The van der Waals surface area contributed by atoms with Crippen LogP contribution in [0.5, 0.6) is 0 Å². The molecule has 0 aromatic heterocycles. The van der Waals surface area contributed by atoms with E-state index in [-0.39, 0.29) is 11.0 Å². The number of carbonyl (C=O) groups is 1. The fourth-order valence-corrected chi connectivity index (χ4v) is 4.05. The number of hydrogen-bond donors (Lipinski definition) is 1. The molecule has 20 heavy (non-hydrogen) atoms. The first-order valence-electron chi connectivity index (χ1n) is 7.17. The van der Waals surface area contributed by atoms with Crippen LogP contribution in [-0.4, -0.2) is 23.3 Å². The molecule has 1 spiro atoms. The van der Waals surface area contributed by atoms with Crippen molar-refractivity contribution in [3.05, 3.63) is 47.1 Å². The van der Waals surface area contributed by atoms with Gasteiger partial charge in [-0.2, -0.15) is 0 Å². The topological polar surface area (TPSA) is 46.5 Å². The highest BCUT2D eigenvalue weighted by atomic mass is 16.5. The van der Waals surface area contributed by atoms with E-state index >= 15 is 0 Å². The molecule has 0 aromatic carbocycles. The summed E-state index contributed by atoms with van der Waals surface area (Å²) >= 11 is 0. The lowest BCUT2D eigenvalue weighted by Gasteiger charge is -2.25. The zero-order valence-electron chi connectivity index (χ0n) is 11.7. The highest BCUT2D eigenvalue weighted by Crippen LogP contribution is 2.70. The standard InChI is InChI=1S/C17H18O3/c1-10-4-3-5-12(10)11-6-14-13(15(18)19)8-20-17(14)9-16(17,2)7-11/h3-7,10,13H,8-9H2,1-2H3,(H,18,19). The second-order valence-electron chi connectivity index (χ2n) is 6.62. The van der Waals surface area contributed by atoms with Crippen molar-refractivity contribution in [3.8, 4) is 0 Å². The van der Waals surface area contributed by atoms with Crippen LogP contribution in [0.1, 0.15) is 20.3 Å². The summed E-state index contributed by atoms with van der Waals surface area (Å²) in [6, 6.07) is 0. The van der Waals surface area contributed by atoms with Crippen molar-refractivity contribution in [2.45, 2.75) is 25.9 Å². The van der Waals surface area contributed by atoms with Crippen LogP contribution in [0.2, 0.25) is 0 Å². The van der Waals surface area contributed by atoms with Gasteiger partial charge in [0, 0.05) is 5.41 Å². The van der Waals surface area contributed by atoms with Gasteiger partial charge in [-0.25, -0.2) is 0 Å². The van der Waals surface area contributed by atoms with Gasteiger partial charge >= 0.3 is 5.97 Å². The third-order valence-electron chi connectivity index (χ3n) is 5.33. The zero-order valence-corrected chi connectivity index (χ0v) is 11.7. The largest absolute Gasteiger partial charge is 0.481 e. The van der Waals surface area contributed by atoms with Crippen molar-refractivity contribution in [1.82, 2.24) is 0 Å². The maximum Gasteiger partial charge on any atom is 0.313 e. The number of carboxylic acid groups (broad SMARTS) is 1. The first-order valence-corrected chi connectivity index (χ1v) is 7.17. The molecule has 4 aliphatic rings. The van der Waals surface area contributed by atoms with Crippen molar-refractivity contribution in [2.24, 2.45) is 17.3 Å². The Morgan fingerprint density at radius 2 is 2.30 bits per heavy atom. The highest BCUT2D eigenvalue weighted by molar-refractivity contribution is 5.78. The summed E-state index contributed by atoms with van der Waals surface area (Å²) in [5.41, 5.74) is 3.10. The third kappa shape index (κ3) is 1.31. The Morgan fingerprint density at radius 1 is 1.50 bits per heavy atom. The average molecular weight is 270 g/mol. The van der Waals surface area contributed by atoms with Crippen molar-refractivity contribution in [2.75, 3.05) is 6.61 Å². The molecule has 1 heterocycles. The Hall–Kier alpha value is -1.61. The molecule has 1 N–H and O–H groups in total. The van der Waals surface area contributed by atoms with Crippen LogP contribution in [0.15, 0.2) is 47.1 Å². The summed E-state index contributed by atoms with van der Waals surface area (Å²) in [6.07, 6.45) is 11.7. The average Bonchev–Trinajstić information content (AvgIpc) is 2.71. The fourth-order valence-electron chi connectivity index (χ4n) is 4.05. The van der Waals surface area contributed by atoms with E-state index in [2.05, 4.69) is 44.2 Å². The SMILES string of the molecule is CC1C=CC=C1C1=CC2(C)CC23OCC(C(=O)O)C3=C1. The summed E-state index contributed by atoms with van der Waals surface area (Å²) < 4.78 is 5.90. The molecule has 2 fully saturated rings. The van der Waals surface area contributed by atoms with E-state index in [1.807, 2.05) is 0 Å². The van der Waals surface area contributed by atoms with Gasteiger partial charge in [-0.1, -0.05) is 44.2 Å². The van der Waals surface area contributed by atoms with E-state index in [1.165, 1.54) is 11.1 Å². The highest BCUT2D eigenvalue weighted by Gasteiger charge is 2.72. The van der Waals surface area contributed by atoms with Gasteiger partial charge < -0.3 is 9.84 Å². The van der Waals surface area contributed by atoms with Gasteiger partial charge in [0.15, 0.2) is 0 Å². The van der Waals surface area contributed by atoms with E-state index in [0.29, 0.717) is 12.5 Å². The van der Waals surface area contributed by atoms with E-state index in [4.69, 9.17) is 4.74 Å². The van der Waals surface area contributed by atoms with Gasteiger partial charge in [0.2, 0.25) is 0 Å². The maximum absolute atomic E-state index is 11.4. The number of rotatable bonds is 2. The van der Waals surface area contributed by atoms with Crippen molar-refractivity contribution in [1.29, 1.82) is 0 Å². The minimum atomic E-state index is -0.768. The molecule has 0 aromatic rings. The lowest BCUT2D eigenvalue weighted by atomic mass is 9.81. The Balaban J connectivity index is 1.79. The summed E-state index contributed by atoms with van der Waals surface area (Å²) in [4.78, 5) is 11.4. The molecule has 3 heteroatoms. The molecule has 0 amide bonds. The second kappa shape index (κ2) is 3.53. The van der Waals surface area contributed by atoms with E-state index < -0.39 is 11.9 Å². The predicted molar refractivity (Wildman–Crippen MR) is 75.1 cm³/mol. The van der Waals surface area contributed by atoms with E-state index in [1.54, 1.807) is 0 Å². The molecule has 4 rings (SSSR count). The van der Waals surface area contributed by atoms with Gasteiger partial charge in [0.25, 0.3) is 0 Å². The molecule has 4 unspecified atom stereocenters. The summed E-state index contributed by atoms with van der Waals surface area (Å²) in [7, 11) is 0. The smallest absolute Gasteiger partial charge is 0.313 e. The fraction of sp³-hybridized carbons (Fsp3) is 0.471.